The summed E-state index contributed by atoms with van der Waals surface area (Å²) in [7, 11) is 1.49. The summed E-state index contributed by atoms with van der Waals surface area (Å²) in [6.45, 7) is 4.08. The van der Waals surface area contributed by atoms with Crippen LogP contribution >= 0.6 is 0 Å². The maximum atomic E-state index is 12.4. The second kappa shape index (κ2) is 8.56. The number of methoxy groups -OCH3 is 1. The van der Waals surface area contributed by atoms with E-state index in [9.17, 15) is 24.8 Å². The van der Waals surface area contributed by atoms with Crippen molar-refractivity contribution < 1.29 is 24.3 Å². The molecule has 0 saturated heterocycles. The Kier molecular flexibility index (Phi) is 6.09. The molecule has 2 heterocycles. The molecule has 1 atom stereocenters. The number of benzene rings is 1. The lowest BCUT2D eigenvalue weighted by Crippen LogP contribution is -2.28. The monoisotopic (exact) mass is 416 g/mol. The number of aromatic nitrogens is 1. The Bertz CT molecular complexity index is 1040. The van der Waals surface area contributed by atoms with Crippen molar-refractivity contribution in [2.75, 3.05) is 20.3 Å². The predicted molar refractivity (Wildman–Crippen MR) is 109 cm³/mol. The molecule has 160 valence electrons. The highest BCUT2D eigenvalue weighted by molar-refractivity contribution is 5.87. The van der Waals surface area contributed by atoms with Crippen LogP contribution in [0.2, 0.25) is 0 Å². The van der Waals surface area contributed by atoms with Gasteiger partial charge in [-0.25, -0.2) is 4.79 Å². The van der Waals surface area contributed by atoms with Crippen molar-refractivity contribution in [3.63, 3.8) is 0 Å². The van der Waals surface area contributed by atoms with E-state index in [1.54, 1.807) is 6.07 Å². The molecule has 0 saturated carbocycles. The second-order valence-electron chi connectivity index (χ2n) is 7.58. The third kappa shape index (κ3) is 4.14. The molecule has 0 fully saturated rings. The highest BCUT2D eigenvalue weighted by Gasteiger charge is 2.29. The first kappa shape index (κ1) is 21.4. The van der Waals surface area contributed by atoms with Gasteiger partial charge in [-0.2, -0.15) is 0 Å². The summed E-state index contributed by atoms with van der Waals surface area (Å²) < 4.78 is 13.0. The van der Waals surface area contributed by atoms with Crippen LogP contribution in [0, 0.1) is 16.0 Å². The molecule has 0 aliphatic carbocycles. The SMILES string of the molecule is COc1cc2c(cc1OCCC[N+](=O)[O-])CC(C(C)C)n1cc(C(=O)O)c(=O)cc1-2. The maximum Gasteiger partial charge on any atom is 0.341 e. The quantitative estimate of drug-likeness (QED) is 0.399. The Morgan fingerprint density at radius 1 is 1.33 bits per heavy atom. The van der Waals surface area contributed by atoms with Crippen molar-refractivity contribution in [2.45, 2.75) is 32.7 Å². The number of hydrogen-bond acceptors (Lipinski definition) is 6. The lowest BCUT2D eigenvalue weighted by Gasteiger charge is -2.33. The van der Waals surface area contributed by atoms with Crippen molar-refractivity contribution >= 4 is 5.97 Å². The fourth-order valence-electron chi connectivity index (χ4n) is 3.74. The van der Waals surface area contributed by atoms with Gasteiger partial charge < -0.3 is 19.1 Å². The Morgan fingerprint density at radius 3 is 2.67 bits per heavy atom. The number of ether oxygens (including phenoxy) is 2. The number of fused-ring (bicyclic) bond motifs is 3. The number of carboxylic acid groups (broad SMARTS) is 1. The van der Waals surface area contributed by atoms with E-state index in [2.05, 4.69) is 0 Å². The van der Waals surface area contributed by atoms with Gasteiger partial charge in [0.2, 0.25) is 6.54 Å². The van der Waals surface area contributed by atoms with Gasteiger partial charge in [0.05, 0.1) is 19.4 Å². The van der Waals surface area contributed by atoms with Gasteiger partial charge in [-0.15, -0.1) is 0 Å². The van der Waals surface area contributed by atoms with E-state index in [1.807, 2.05) is 24.5 Å². The van der Waals surface area contributed by atoms with Crippen LogP contribution < -0.4 is 14.9 Å². The van der Waals surface area contributed by atoms with E-state index in [4.69, 9.17) is 9.47 Å². The lowest BCUT2D eigenvalue weighted by molar-refractivity contribution is -0.480. The van der Waals surface area contributed by atoms with E-state index in [0.29, 0.717) is 23.6 Å². The van der Waals surface area contributed by atoms with Crippen LogP contribution in [0.25, 0.3) is 11.3 Å². The molecule has 0 radical (unpaired) electrons. The van der Waals surface area contributed by atoms with Gasteiger partial charge in [0.1, 0.15) is 5.56 Å². The van der Waals surface area contributed by atoms with E-state index < -0.39 is 11.4 Å². The van der Waals surface area contributed by atoms with Crippen LogP contribution in [0.4, 0.5) is 0 Å². The Balaban J connectivity index is 2.07. The van der Waals surface area contributed by atoms with Gasteiger partial charge in [0.25, 0.3) is 0 Å². The van der Waals surface area contributed by atoms with Gasteiger partial charge in [-0.05, 0) is 30.0 Å². The Morgan fingerprint density at radius 2 is 2.07 bits per heavy atom. The van der Waals surface area contributed by atoms with Crippen LogP contribution in [0.3, 0.4) is 0 Å². The number of carboxylic acids is 1. The van der Waals surface area contributed by atoms with Gasteiger partial charge >= 0.3 is 5.97 Å². The molecule has 3 rings (SSSR count). The molecule has 2 aromatic rings. The van der Waals surface area contributed by atoms with Crippen molar-refractivity contribution in [2.24, 2.45) is 5.92 Å². The Hall–Kier alpha value is -3.36. The highest BCUT2D eigenvalue weighted by atomic mass is 16.6. The van der Waals surface area contributed by atoms with Gasteiger partial charge in [0.15, 0.2) is 16.9 Å². The molecular formula is C21H24N2O7. The molecule has 9 nitrogen and oxygen atoms in total. The first-order valence-electron chi connectivity index (χ1n) is 9.68. The number of aromatic carboxylic acids is 1. The van der Waals surface area contributed by atoms with E-state index in [-0.39, 0.29) is 42.0 Å². The molecule has 1 aromatic heterocycles. The van der Waals surface area contributed by atoms with Crippen LogP contribution in [-0.2, 0) is 6.42 Å². The summed E-state index contributed by atoms with van der Waals surface area (Å²) in [5.41, 5.74) is 1.54. The largest absolute Gasteiger partial charge is 0.493 e. The number of hydrogen-bond donors (Lipinski definition) is 1. The third-order valence-corrected chi connectivity index (χ3v) is 5.27. The van der Waals surface area contributed by atoms with Gasteiger partial charge in [-0.3, -0.25) is 14.9 Å². The predicted octanol–water partition coefficient (Wildman–Crippen LogP) is 3.02. The fourth-order valence-corrected chi connectivity index (χ4v) is 3.74. The first-order valence-corrected chi connectivity index (χ1v) is 9.68. The van der Waals surface area contributed by atoms with Crippen LogP contribution in [0.15, 0.2) is 29.2 Å². The van der Waals surface area contributed by atoms with Crippen LogP contribution in [-0.4, -0.2) is 40.8 Å². The van der Waals surface area contributed by atoms with E-state index in [0.717, 1.165) is 11.1 Å². The molecule has 1 aliphatic rings. The number of carbonyl (C=O) groups is 1. The molecule has 0 amide bonds. The number of pyridine rings is 1. The minimum atomic E-state index is -1.25. The van der Waals surface area contributed by atoms with Gasteiger partial charge in [0, 0.05) is 35.2 Å². The third-order valence-electron chi connectivity index (χ3n) is 5.27. The van der Waals surface area contributed by atoms with Crippen LogP contribution in [0.1, 0.15) is 42.2 Å². The van der Waals surface area contributed by atoms with Crippen molar-refractivity contribution in [1.82, 2.24) is 4.57 Å². The molecular weight excluding hydrogens is 392 g/mol. The van der Waals surface area contributed by atoms with E-state index >= 15 is 0 Å². The van der Waals surface area contributed by atoms with Crippen molar-refractivity contribution in [3.8, 4) is 22.8 Å². The standard InChI is InChI=1S/C21H24N2O7/c1-12(2)16-7-13-8-20(30-6-4-5-23(27)28)19(29-3)9-14(13)17-10-18(24)15(21(25)26)11-22(16)17/h8-12,16H,4-7H2,1-3H3,(H,25,26). The zero-order valence-corrected chi connectivity index (χ0v) is 17.1. The van der Waals surface area contributed by atoms with Crippen LogP contribution in [0.5, 0.6) is 11.5 Å². The smallest absolute Gasteiger partial charge is 0.341 e. The van der Waals surface area contributed by atoms with E-state index in [1.165, 1.54) is 19.4 Å². The summed E-state index contributed by atoms with van der Waals surface area (Å²) >= 11 is 0. The minimum absolute atomic E-state index is 0.0399. The summed E-state index contributed by atoms with van der Waals surface area (Å²) in [4.78, 5) is 33.9. The molecule has 1 unspecified atom stereocenters. The highest BCUT2D eigenvalue weighted by Crippen LogP contribution is 2.42. The lowest BCUT2D eigenvalue weighted by atomic mass is 9.87. The van der Waals surface area contributed by atoms with Gasteiger partial charge in [-0.1, -0.05) is 13.8 Å². The zero-order valence-electron chi connectivity index (χ0n) is 17.1. The number of rotatable bonds is 8. The summed E-state index contributed by atoms with van der Waals surface area (Å²) in [6.07, 6.45) is 2.32. The topological polar surface area (TPSA) is 121 Å². The Labute approximate surface area is 173 Å². The molecule has 0 bridgehead atoms. The zero-order chi connectivity index (χ0) is 22.0. The summed E-state index contributed by atoms with van der Waals surface area (Å²) in [5.74, 6) is -0.133. The molecule has 1 aromatic carbocycles. The second-order valence-corrected chi connectivity index (χ2v) is 7.58. The fraction of sp³-hybridized carbons (Fsp3) is 0.429. The summed E-state index contributed by atoms with van der Waals surface area (Å²) in [5, 5.41) is 19.8. The normalized spacial score (nSPS) is 14.7. The van der Waals surface area contributed by atoms with Crippen molar-refractivity contribution in [3.05, 3.63) is 55.9 Å². The maximum absolute atomic E-state index is 12.4. The molecule has 30 heavy (non-hydrogen) atoms. The average Bonchev–Trinajstić information content (AvgIpc) is 2.69. The molecule has 9 heteroatoms. The molecule has 1 N–H and O–H groups in total. The summed E-state index contributed by atoms with van der Waals surface area (Å²) in [6, 6.07) is 4.92. The van der Waals surface area contributed by atoms with Crippen molar-refractivity contribution in [1.29, 1.82) is 0 Å². The number of nitro groups is 1. The minimum Gasteiger partial charge on any atom is -0.493 e. The number of nitrogens with zero attached hydrogens (tertiary/aromatic N) is 2. The average molecular weight is 416 g/mol. The molecule has 0 spiro atoms. The molecule has 1 aliphatic heterocycles. The first-order chi connectivity index (χ1) is 14.2.